The molecule has 0 aromatic carbocycles. The molecule has 192 valence electrons. The van der Waals surface area contributed by atoms with E-state index in [4.69, 9.17) is 4.84 Å². The van der Waals surface area contributed by atoms with Gasteiger partial charge < -0.3 is 25.1 Å². The van der Waals surface area contributed by atoms with E-state index in [9.17, 15) is 24.9 Å². The van der Waals surface area contributed by atoms with Crippen LogP contribution in [0.25, 0.3) is 0 Å². The lowest BCUT2D eigenvalue weighted by molar-refractivity contribution is -0.150. The van der Waals surface area contributed by atoms with E-state index < -0.39 is 29.6 Å². The van der Waals surface area contributed by atoms with Gasteiger partial charge in [0.15, 0.2) is 6.61 Å². The molecule has 1 saturated heterocycles. The summed E-state index contributed by atoms with van der Waals surface area (Å²) in [6, 6.07) is -1.03. The number of carboxylic acids is 1. The fourth-order valence-electron chi connectivity index (χ4n) is 8.08. The Kier molecular flexibility index (Phi) is 5.91. The maximum atomic E-state index is 12.5. The Bertz CT molecular complexity index is 1000. The predicted octanol–water partition coefficient (Wildman–Crippen LogP) is 2.90. The summed E-state index contributed by atoms with van der Waals surface area (Å²) in [7, 11) is 0. The summed E-state index contributed by atoms with van der Waals surface area (Å²) >= 11 is 0. The highest BCUT2D eigenvalue weighted by molar-refractivity contribution is 6.05. The minimum atomic E-state index is -1.12. The van der Waals surface area contributed by atoms with E-state index in [2.05, 4.69) is 31.2 Å². The third-order valence-electron chi connectivity index (χ3n) is 10.4. The van der Waals surface area contributed by atoms with Gasteiger partial charge in [-0.2, -0.15) is 0 Å². The minimum Gasteiger partial charge on any atom is -0.480 e. The number of carbonyl (C=O) groups excluding carboxylic acids is 1. The molecule has 1 heterocycles. The summed E-state index contributed by atoms with van der Waals surface area (Å²) in [4.78, 5) is 30.3. The highest BCUT2D eigenvalue weighted by Crippen LogP contribution is 2.66. The Morgan fingerprint density at radius 3 is 2.66 bits per heavy atom. The van der Waals surface area contributed by atoms with E-state index in [1.54, 1.807) is 0 Å². The van der Waals surface area contributed by atoms with Gasteiger partial charge in [-0.15, -0.1) is 0 Å². The molecule has 0 aromatic heterocycles. The van der Waals surface area contributed by atoms with Gasteiger partial charge in [-0.25, -0.2) is 4.79 Å². The first kappa shape index (κ1) is 24.5. The number of amides is 1. The third-order valence-corrected chi connectivity index (χ3v) is 10.4. The van der Waals surface area contributed by atoms with Crippen molar-refractivity contribution < 1.29 is 29.7 Å². The van der Waals surface area contributed by atoms with Crippen molar-refractivity contribution in [3.63, 3.8) is 0 Å². The molecule has 1 aliphatic heterocycles. The third kappa shape index (κ3) is 3.84. The number of carboxylic acid groups (broad SMARTS) is 1. The number of allylic oxidation sites excluding steroid dienone is 4. The minimum absolute atomic E-state index is 0.00214. The molecule has 0 spiro atoms. The summed E-state index contributed by atoms with van der Waals surface area (Å²) in [5.41, 5.74) is 1.39. The number of likely N-dealkylation sites (tertiary alicyclic amines) is 1. The van der Waals surface area contributed by atoms with Crippen LogP contribution in [0.1, 0.15) is 65.7 Å². The van der Waals surface area contributed by atoms with Crippen LogP contribution in [0.15, 0.2) is 29.0 Å². The van der Waals surface area contributed by atoms with E-state index >= 15 is 0 Å². The van der Waals surface area contributed by atoms with Crippen molar-refractivity contribution in [2.45, 2.75) is 83.5 Å². The number of aliphatic carboxylic acids is 1. The summed E-state index contributed by atoms with van der Waals surface area (Å²) in [5, 5.41) is 34.3. The quantitative estimate of drug-likeness (QED) is 0.526. The summed E-state index contributed by atoms with van der Waals surface area (Å²) in [5.74, 6) is 0.101. The normalized spacial score (nSPS) is 45.5. The molecule has 0 bridgehead atoms. The number of rotatable bonds is 4. The van der Waals surface area contributed by atoms with Crippen LogP contribution in [0.5, 0.6) is 0 Å². The highest BCUT2D eigenvalue weighted by Gasteiger charge is 2.62. The fourth-order valence-corrected chi connectivity index (χ4v) is 8.08. The zero-order valence-corrected chi connectivity index (χ0v) is 20.9. The lowest BCUT2D eigenvalue weighted by Crippen LogP contribution is -2.53. The van der Waals surface area contributed by atoms with Gasteiger partial charge in [0.2, 0.25) is 0 Å². The van der Waals surface area contributed by atoms with Gasteiger partial charge in [-0.1, -0.05) is 30.7 Å². The molecule has 5 unspecified atom stereocenters. The van der Waals surface area contributed by atoms with E-state index in [0.29, 0.717) is 23.5 Å². The van der Waals surface area contributed by atoms with Crippen molar-refractivity contribution in [3.05, 3.63) is 23.8 Å². The zero-order valence-electron chi connectivity index (χ0n) is 20.9. The van der Waals surface area contributed by atoms with Crippen molar-refractivity contribution >= 4 is 17.6 Å². The van der Waals surface area contributed by atoms with Gasteiger partial charge in [-0.05, 0) is 80.8 Å². The Labute approximate surface area is 206 Å². The lowest BCUT2D eigenvalue weighted by atomic mass is 9.47. The average Bonchev–Trinajstić information content (AvgIpc) is 3.31. The fraction of sp³-hybridized carbons (Fsp3) is 0.741. The monoisotopic (exact) mass is 486 g/mol. The van der Waals surface area contributed by atoms with Gasteiger partial charge >= 0.3 is 5.97 Å². The molecule has 4 aliphatic carbocycles. The van der Waals surface area contributed by atoms with Crippen LogP contribution in [0.4, 0.5) is 0 Å². The van der Waals surface area contributed by atoms with Crippen molar-refractivity contribution in [1.82, 2.24) is 4.90 Å². The highest BCUT2D eigenvalue weighted by atomic mass is 16.6. The van der Waals surface area contributed by atoms with E-state index in [0.717, 1.165) is 43.4 Å². The van der Waals surface area contributed by atoms with E-state index in [-0.39, 0.29) is 30.4 Å². The van der Waals surface area contributed by atoms with Gasteiger partial charge in [-0.3, -0.25) is 4.79 Å². The maximum absolute atomic E-state index is 12.5. The second-order valence-electron chi connectivity index (χ2n) is 12.0. The van der Waals surface area contributed by atoms with E-state index in [1.807, 2.05) is 13.0 Å². The number of hydrogen-bond acceptors (Lipinski definition) is 6. The summed E-state index contributed by atoms with van der Waals surface area (Å²) in [6.45, 7) is 6.30. The molecule has 0 aromatic rings. The Balaban J connectivity index is 1.25. The molecule has 3 saturated carbocycles. The molecule has 35 heavy (non-hydrogen) atoms. The van der Waals surface area contributed by atoms with Crippen LogP contribution >= 0.6 is 0 Å². The van der Waals surface area contributed by atoms with Gasteiger partial charge in [0.25, 0.3) is 5.91 Å². The van der Waals surface area contributed by atoms with Crippen molar-refractivity contribution in [1.29, 1.82) is 0 Å². The molecule has 4 fully saturated rings. The number of aliphatic hydroxyl groups is 2. The predicted molar refractivity (Wildman–Crippen MR) is 129 cm³/mol. The molecular weight excluding hydrogens is 448 g/mol. The second-order valence-corrected chi connectivity index (χ2v) is 12.0. The molecule has 0 radical (unpaired) electrons. The first-order valence-electron chi connectivity index (χ1n) is 13.0. The number of β-amino-alcohol motifs (C(OH)–C–C–N with tert-alkyl or cyclic N) is 1. The summed E-state index contributed by atoms with van der Waals surface area (Å²) in [6.07, 6.45) is 11.8. The smallest absolute Gasteiger partial charge is 0.326 e. The van der Waals surface area contributed by atoms with Crippen LogP contribution in [-0.2, 0) is 14.4 Å². The van der Waals surface area contributed by atoms with Crippen LogP contribution in [0.3, 0.4) is 0 Å². The van der Waals surface area contributed by atoms with Crippen molar-refractivity contribution in [2.75, 3.05) is 13.2 Å². The van der Waals surface area contributed by atoms with Crippen LogP contribution in [0.2, 0.25) is 0 Å². The number of aliphatic hydroxyl groups excluding tert-OH is 1. The number of fused-ring (bicyclic) bond motifs is 5. The maximum Gasteiger partial charge on any atom is 0.326 e. The summed E-state index contributed by atoms with van der Waals surface area (Å²) < 4.78 is 0. The number of nitrogens with zero attached hydrogens (tertiary/aromatic N) is 2. The average molecular weight is 487 g/mol. The number of hydrogen-bond donors (Lipinski definition) is 3. The molecule has 8 heteroatoms. The van der Waals surface area contributed by atoms with Gasteiger partial charge in [0.1, 0.15) is 11.8 Å². The number of oxime groups is 1. The molecule has 5 rings (SSSR count). The molecule has 5 aliphatic rings. The van der Waals surface area contributed by atoms with Crippen LogP contribution in [-0.4, -0.2) is 68.7 Å². The van der Waals surface area contributed by atoms with Gasteiger partial charge in [0, 0.05) is 18.4 Å². The van der Waals surface area contributed by atoms with Gasteiger partial charge in [0.05, 0.1) is 11.7 Å². The Hall–Kier alpha value is -2.19. The first-order valence-corrected chi connectivity index (χ1v) is 13.0. The zero-order chi connectivity index (χ0) is 25.2. The van der Waals surface area contributed by atoms with Crippen LogP contribution in [0, 0.1) is 28.6 Å². The Morgan fingerprint density at radius 2 is 1.91 bits per heavy atom. The van der Waals surface area contributed by atoms with E-state index in [1.165, 1.54) is 5.57 Å². The molecule has 1 amide bonds. The molecular formula is C27H38N2O6. The molecule has 8 atom stereocenters. The Morgan fingerprint density at radius 1 is 1.17 bits per heavy atom. The molecule has 3 N–H and O–H groups in total. The number of carbonyl (C=O) groups is 2. The molecule has 8 nitrogen and oxygen atoms in total. The SMILES string of the molecule is C[C@]12C=CC(=NOCC(=O)N3CC(O)CC3C(=O)O)C=C1CCC1C2CC[C@@]2(C)C1CC[C@]2(C)O. The largest absolute Gasteiger partial charge is 0.480 e. The van der Waals surface area contributed by atoms with Crippen LogP contribution < -0.4 is 0 Å². The lowest BCUT2D eigenvalue weighted by Gasteiger charge is -2.58. The first-order chi connectivity index (χ1) is 16.5. The topological polar surface area (TPSA) is 120 Å². The second kappa shape index (κ2) is 8.44. The van der Waals surface area contributed by atoms with Crippen molar-refractivity contribution in [3.8, 4) is 0 Å². The standard InChI is InChI=1S/C27H38N2O6/c1-25-9-6-17(28-35-15-23(31)29-14-18(30)13-22(29)24(32)33)12-16(25)4-5-19-20(25)7-10-26(2)21(19)8-11-27(26,3)34/h6,9,12,18-22,30,34H,4-5,7-8,10-11,13-15H2,1-3H3,(H,32,33)/t18?,19?,20?,21?,22?,25-,26-,27-/m0/s1. The van der Waals surface area contributed by atoms with Crippen molar-refractivity contribution in [2.24, 2.45) is 33.7 Å².